The van der Waals surface area contributed by atoms with Crippen LogP contribution in [0.3, 0.4) is 0 Å². The molecule has 164 valence electrons. The highest BCUT2D eigenvalue weighted by atomic mass is 35.5. The van der Waals surface area contributed by atoms with Gasteiger partial charge in [-0.15, -0.1) is 22.7 Å². The Morgan fingerprint density at radius 1 is 1.24 bits per heavy atom. The van der Waals surface area contributed by atoms with Crippen molar-refractivity contribution in [3.63, 3.8) is 0 Å². The molecule has 3 aromatic heterocycles. The molecule has 0 fully saturated rings. The fourth-order valence-electron chi connectivity index (χ4n) is 2.99. The Bertz CT molecular complexity index is 1340. The molecular weight excluding hydrogens is 496 g/mol. The standard InChI is InChI=1S/C22H15ClN6OS3/c1-25-19-18(17-9-26-12-33-17)16(8-24)22(29-20(19)27-6-7-30)32-11-15-10-31-21(28-15)13-2-4-14(23)5-3-13/h2-5,9-10,12,30H,6-7,11H2,(H,27,29). The van der Waals surface area contributed by atoms with Crippen LogP contribution in [-0.4, -0.2) is 33.2 Å². The van der Waals surface area contributed by atoms with Crippen LogP contribution in [0.2, 0.25) is 5.02 Å². The summed E-state index contributed by atoms with van der Waals surface area (Å²) < 4.78 is 0. The van der Waals surface area contributed by atoms with E-state index in [9.17, 15) is 10.4 Å². The maximum Gasteiger partial charge on any atom is 0.238 e. The van der Waals surface area contributed by atoms with Gasteiger partial charge in [-0.25, -0.2) is 14.8 Å². The number of halogens is 1. The van der Waals surface area contributed by atoms with Crippen LogP contribution in [-0.2, 0) is 5.75 Å². The van der Waals surface area contributed by atoms with Gasteiger partial charge >= 0.3 is 0 Å². The SMILES string of the molecule is [C-]#[N+]c1c(NCCO)nc(SCc2csc(-c3ccc(Cl)cc3)n2)c(C#N)c1-c1cncs1. The fourth-order valence-corrected chi connectivity index (χ4v) is 5.60. The molecule has 0 bridgehead atoms. The van der Waals surface area contributed by atoms with Gasteiger partial charge in [-0.05, 0) is 12.1 Å². The second kappa shape index (κ2) is 10.8. The zero-order chi connectivity index (χ0) is 23.2. The number of nitrogens with one attached hydrogen (secondary N) is 1. The quantitative estimate of drug-likeness (QED) is 0.218. The van der Waals surface area contributed by atoms with Crippen molar-refractivity contribution in [1.82, 2.24) is 15.0 Å². The van der Waals surface area contributed by atoms with Crippen molar-refractivity contribution < 1.29 is 5.11 Å². The lowest BCUT2D eigenvalue weighted by molar-refractivity contribution is 0.311. The first-order chi connectivity index (χ1) is 16.1. The largest absolute Gasteiger partial charge is 0.395 e. The van der Waals surface area contributed by atoms with Gasteiger partial charge in [-0.3, -0.25) is 4.98 Å². The lowest BCUT2D eigenvalue weighted by Crippen LogP contribution is -2.08. The molecule has 0 unspecified atom stereocenters. The minimum Gasteiger partial charge on any atom is -0.395 e. The van der Waals surface area contributed by atoms with Crippen LogP contribution in [0.4, 0.5) is 11.5 Å². The van der Waals surface area contributed by atoms with Crippen molar-refractivity contribution in [2.24, 2.45) is 0 Å². The third-order valence-corrected chi connectivity index (χ3v) is 7.44. The molecule has 0 saturated carbocycles. The highest BCUT2D eigenvalue weighted by molar-refractivity contribution is 7.98. The number of aromatic nitrogens is 3. The normalized spacial score (nSPS) is 10.5. The number of thiazole rings is 2. The Labute approximate surface area is 207 Å². The van der Waals surface area contributed by atoms with Crippen molar-refractivity contribution in [3.8, 4) is 27.1 Å². The Morgan fingerprint density at radius 2 is 2.06 bits per heavy atom. The van der Waals surface area contributed by atoms with Crippen molar-refractivity contribution in [1.29, 1.82) is 5.26 Å². The number of benzene rings is 1. The summed E-state index contributed by atoms with van der Waals surface area (Å²) in [7, 11) is 0. The van der Waals surface area contributed by atoms with E-state index in [0.29, 0.717) is 37.6 Å². The Morgan fingerprint density at radius 3 is 2.73 bits per heavy atom. The number of rotatable bonds is 8. The minimum absolute atomic E-state index is 0.107. The molecule has 0 aliphatic carbocycles. The van der Waals surface area contributed by atoms with Gasteiger partial charge in [-0.2, -0.15) is 5.26 Å². The Balaban J connectivity index is 1.67. The predicted octanol–water partition coefficient (Wildman–Crippen LogP) is 6.10. The van der Waals surface area contributed by atoms with E-state index in [1.54, 1.807) is 11.7 Å². The molecule has 11 heteroatoms. The van der Waals surface area contributed by atoms with Crippen molar-refractivity contribution >= 4 is 57.5 Å². The van der Waals surface area contributed by atoms with E-state index in [4.69, 9.17) is 23.2 Å². The maximum atomic E-state index is 9.95. The molecular formula is C22H15ClN6OS3. The second-order valence-electron chi connectivity index (χ2n) is 6.54. The smallest absolute Gasteiger partial charge is 0.238 e. The molecule has 33 heavy (non-hydrogen) atoms. The summed E-state index contributed by atoms with van der Waals surface area (Å²) in [6.07, 6.45) is 1.64. The molecule has 0 radical (unpaired) electrons. The van der Waals surface area contributed by atoms with Gasteiger partial charge in [-0.1, -0.05) is 35.5 Å². The highest BCUT2D eigenvalue weighted by Crippen LogP contribution is 2.44. The van der Waals surface area contributed by atoms with Crippen LogP contribution in [0, 0.1) is 17.9 Å². The Kier molecular flexibility index (Phi) is 7.55. The number of pyridine rings is 1. The lowest BCUT2D eigenvalue weighted by atomic mass is 10.1. The van der Waals surface area contributed by atoms with Gasteiger partial charge in [0.15, 0.2) is 0 Å². The van der Waals surface area contributed by atoms with Gasteiger partial charge in [0.05, 0.1) is 29.9 Å². The summed E-state index contributed by atoms with van der Waals surface area (Å²) in [5.41, 5.74) is 4.59. The van der Waals surface area contributed by atoms with Crippen LogP contribution >= 0.6 is 46.0 Å². The van der Waals surface area contributed by atoms with E-state index in [1.807, 2.05) is 29.6 Å². The molecule has 0 amide bonds. The summed E-state index contributed by atoms with van der Waals surface area (Å²) in [6.45, 7) is 7.81. The molecule has 0 aliphatic rings. The van der Waals surface area contributed by atoms with E-state index < -0.39 is 0 Å². The highest BCUT2D eigenvalue weighted by Gasteiger charge is 2.23. The average molecular weight is 511 g/mol. The summed E-state index contributed by atoms with van der Waals surface area (Å²) in [4.78, 5) is 17.7. The zero-order valence-corrected chi connectivity index (χ0v) is 20.2. The lowest BCUT2D eigenvalue weighted by Gasteiger charge is -2.14. The molecule has 4 rings (SSSR count). The molecule has 0 saturated heterocycles. The summed E-state index contributed by atoms with van der Waals surface area (Å²) in [5, 5.41) is 26.2. The predicted molar refractivity (Wildman–Crippen MR) is 134 cm³/mol. The number of thioether (sulfide) groups is 1. The van der Waals surface area contributed by atoms with E-state index in [2.05, 4.69) is 26.2 Å². The Hall–Kier alpha value is -2.99. The van der Waals surface area contributed by atoms with Crippen LogP contribution < -0.4 is 5.32 Å². The number of aliphatic hydroxyl groups is 1. The molecule has 0 spiro atoms. The van der Waals surface area contributed by atoms with E-state index >= 15 is 0 Å². The summed E-state index contributed by atoms with van der Waals surface area (Å²) in [6, 6.07) is 9.74. The summed E-state index contributed by atoms with van der Waals surface area (Å²) >= 11 is 10.2. The van der Waals surface area contributed by atoms with E-state index in [0.717, 1.165) is 16.3 Å². The molecule has 2 N–H and O–H groups in total. The number of aliphatic hydroxyl groups excluding tert-OH is 1. The van der Waals surface area contributed by atoms with E-state index in [-0.39, 0.29) is 18.8 Å². The van der Waals surface area contributed by atoms with Crippen molar-refractivity contribution in [2.75, 3.05) is 18.5 Å². The third-order valence-electron chi connectivity index (χ3n) is 4.44. The average Bonchev–Trinajstić information content (AvgIpc) is 3.53. The van der Waals surface area contributed by atoms with Crippen LogP contribution in [0.5, 0.6) is 0 Å². The van der Waals surface area contributed by atoms with Gasteiger partial charge in [0.1, 0.15) is 21.9 Å². The first kappa shape index (κ1) is 23.2. The van der Waals surface area contributed by atoms with E-state index in [1.165, 1.54) is 34.4 Å². The first-order valence-corrected chi connectivity index (χ1v) is 12.7. The number of hydrogen-bond donors (Lipinski definition) is 2. The van der Waals surface area contributed by atoms with Gasteiger partial charge in [0.2, 0.25) is 5.69 Å². The molecule has 0 aliphatic heterocycles. The number of nitrogens with zero attached hydrogens (tertiary/aromatic N) is 5. The van der Waals surface area contributed by atoms with Gasteiger partial charge in [0, 0.05) is 44.9 Å². The topological polar surface area (TPSA) is 99.1 Å². The number of nitriles is 1. The fraction of sp³-hybridized carbons (Fsp3) is 0.136. The van der Waals surface area contributed by atoms with Crippen LogP contribution in [0.15, 0.2) is 46.4 Å². The van der Waals surface area contributed by atoms with Gasteiger partial charge < -0.3 is 10.4 Å². The zero-order valence-electron chi connectivity index (χ0n) is 16.9. The van der Waals surface area contributed by atoms with Crippen molar-refractivity contribution in [3.05, 3.63) is 69.1 Å². The second-order valence-corrected chi connectivity index (χ2v) is 9.69. The molecule has 7 nitrogen and oxygen atoms in total. The molecule has 4 aromatic rings. The first-order valence-electron chi connectivity index (χ1n) is 9.57. The maximum absolute atomic E-state index is 9.95. The molecule has 0 atom stereocenters. The molecule has 3 heterocycles. The van der Waals surface area contributed by atoms with Gasteiger partial charge in [0.25, 0.3) is 0 Å². The third kappa shape index (κ3) is 5.17. The number of hydrogen-bond acceptors (Lipinski definition) is 9. The number of anilines is 1. The monoisotopic (exact) mass is 510 g/mol. The van der Waals surface area contributed by atoms with Crippen molar-refractivity contribution in [2.45, 2.75) is 10.8 Å². The molecule has 1 aromatic carbocycles. The van der Waals surface area contributed by atoms with Crippen LogP contribution in [0.25, 0.3) is 25.9 Å². The minimum atomic E-state index is -0.107. The summed E-state index contributed by atoms with van der Waals surface area (Å²) in [5.74, 6) is 0.842. The van der Waals surface area contributed by atoms with Crippen LogP contribution in [0.1, 0.15) is 11.3 Å².